The highest BCUT2D eigenvalue weighted by molar-refractivity contribution is 7.91. The van der Waals surface area contributed by atoms with E-state index in [1.165, 1.54) is 20.3 Å². The third-order valence-corrected chi connectivity index (χ3v) is 6.31. The average molecular weight is 334 g/mol. The van der Waals surface area contributed by atoms with Crippen LogP contribution in [0.2, 0.25) is 0 Å². The molecule has 1 fully saturated rings. The number of sulfonamides is 1. The second kappa shape index (κ2) is 6.73. The van der Waals surface area contributed by atoms with Crippen molar-refractivity contribution in [3.8, 4) is 5.75 Å². The summed E-state index contributed by atoms with van der Waals surface area (Å²) in [6.07, 6.45) is 1.47. The van der Waals surface area contributed by atoms with E-state index in [0.717, 1.165) is 37.3 Å². The Kier molecular flexibility index (Phi) is 5.20. The third-order valence-electron chi connectivity index (χ3n) is 3.18. The van der Waals surface area contributed by atoms with Gasteiger partial charge < -0.3 is 14.8 Å². The van der Waals surface area contributed by atoms with E-state index in [-0.39, 0.29) is 20.9 Å². The number of thiophene rings is 1. The van der Waals surface area contributed by atoms with E-state index in [4.69, 9.17) is 4.74 Å². The highest BCUT2D eigenvalue weighted by atomic mass is 32.2. The maximum atomic E-state index is 12.5. The largest absolute Gasteiger partial charge is 0.494 e. The second-order valence-corrected chi connectivity index (χ2v) is 7.57. The Hall–Kier alpha value is -1.16. The van der Waals surface area contributed by atoms with Crippen LogP contribution in [0.15, 0.2) is 10.3 Å². The molecule has 0 bridgehead atoms. The number of hydrogen-bond acceptors (Lipinski definition) is 7. The quantitative estimate of drug-likeness (QED) is 0.765. The molecule has 1 aromatic heterocycles. The molecule has 0 radical (unpaired) electrons. The highest BCUT2D eigenvalue weighted by Gasteiger charge is 2.28. The molecule has 0 spiro atoms. The molecular weight excluding hydrogens is 316 g/mol. The Morgan fingerprint density at radius 2 is 2.05 bits per heavy atom. The van der Waals surface area contributed by atoms with E-state index in [1.54, 1.807) is 0 Å². The third kappa shape index (κ3) is 3.73. The molecule has 2 N–H and O–H groups in total. The van der Waals surface area contributed by atoms with Crippen molar-refractivity contribution in [1.29, 1.82) is 0 Å². The first-order valence-electron chi connectivity index (χ1n) is 6.47. The van der Waals surface area contributed by atoms with Crippen molar-refractivity contribution in [2.75, 3.05) is 27.3 Å². The van der Waals surface area contributed by atoms with Crippen LogP contribution in [0.4, 0.5) is 0 Å². The summed E-state index contributed by atoms with van der Waals surface area (Å²) in [5, 5.41) is 3.17. The number of carbonyl (C=O) groups excluding carboxylic acids is 1. The lowest BCUT2D eigenvalue weighted by atomic mass is 10.1. The maximum Gasteiger partial charge on any atom is 0.348 e. The van der Waals surface area contributed by atoms with Gasteiger partial charge in [0.15, 0.2) is 9.96 Å². The van der Waals surface area contributed by atoms with Gasteiger partial charge in [-0.3, -0.25) is 0 Å². The van der Waals surface area contributed by atoms with Crippen molar-refractivity contribution in [3.05, 3.63) is 10.9 Å². The number of piperidine rings is 1. The van der Waals surface area contributed by atoms with Crippen LogP contribution in [-0.4, -0.2) is 47.7 Å². The fourth-order valence-electron chi connectivity index (χ4n) is 2.10. The van der Waals surface area contributed by atoms with Crippen molar-refractivity contribution in [2.45, 2.75) is 23.1 Å². The molecule has 21 heavy (non-hydrogen) atoms. The molecule has 0 aromatic carbocycles. The van der Waals surface area contributed by atoms with E-state index in [1.807, 2.05) is 0 Å². The number of rotatable bonds is 5. The van der Waals surface area contributed by atoms with Gasteiger partial charge in [0, 0.05) is 12.1 Å². The summed E-state index contributed by atoms with van der Waals surface area (Å²) in [5.41, 5.74) is 0. The summed E-state index contributed by atoms with van der Waals surface area (Å²) < 4.78 is 37.2. The predicted octanol–water partition coefficient (Wildman–Crippen LogP) is 0.574. The minimum Gasteiger partial charge on any atom is -0.494 e. The predicted molar refractivity (Wildman–Crippen MR) is 78.4 cm³/mol. The number of nitrogens with one attached hydrogen (secondary N) is 2. The van der Waals surface area contributed by atoms with Crippen LogP contribution >= 0.6 is 11.3 Å². The molecule has 0 amide bonds. The van der Waals surface area contributed by atoms with Gasteiger partial charge in [-0.2, -0.15) is 0 Å². The zero-order valence-electron chi connectivity index (χ0n) is 11.8. The molecular formula is C12H18N2O5S2. The van der Waals surface area contributed by atoms with Crippen LogP contribution in [-0.2, 0) is 14.8 Å². The summed E-state index contributed by atoms with van der Waals surface area (Å²) in [4.78, 5) is 11.7. The summed E-state index contributed by atoms with van der Waals surface area (Å²) in [5.74, 6) is -0.427. The maximum absolute atomic E-state index is 12.5. The smallest absolute Gasteiger partial charge is 0.348 e. The Balaban J connectivity index is 2.25. The van der Waals surface area contributed by atoms with E-state index >= 15 is 0 Å². The first kappa shape index (κ1) is 16.2. The Labute approximate surface area is 127 Å². The molecule has 0 saturated carbocycles. The van der Waals surface area contributed by atoms with Gasteiger partial charge in [0.05, 0.1) is 14.2 Å². The standard InChI is InChI=1S/C12H18N2O5S2/c1-18-9-7-10(11(15)19-2)20-12(9)21(16,17)14-8-3-5-13-6-4-8/h7-8,13-14H,3-6H2,1-2H3. The number of ether oxygens (including phenoxy) is 2. The van der Waals surface area contributed by atoms with Crippen LogP contribution in [0, 0.1) is 0 Å². The molecule has 118 valence electrons. The van der Waals surface area contributed by atoms with Crippen molar-refractivity contribution in [2.24, 2.45) is 0 Å². The van der Waals surface area contributed by atoms with Crippen molar-refractivity contribution < 1.29 is 22.7 Å². The van der Waals surface area contributed by atoms with Crippen molar-refractivity contribution in [1.82, 2.24) is 10.0 Å². The van der Waals surface area contributed by atoms with Crippen molar-refractivity contribution in [3.63, 3.8) is 0 Å². The molecule has 1 saturated heterocycles. The van der Waals surface area contributed by atoms with Crippen LogP contribution in [0.3, 0.4) is 0 Å². The molecule has 1 aromatic rings. The van der Waals surface area contributed by atoms with Gasteiger partial charge in [-0.15, -0.1) is 11.3 Å². The Morgan fingerprint density at radius 3 is 2.62 bits per heavy atom. The summed E-state index contributed by atoms with van der Waals surface area (Å²) in [7, 11) is -1.10. The lowest BCUT2D eigenvalue weighted by Gasteiger charge is -2.23. The Morgan fingerprint density at radius 1 is 1.38 bits per heavy atom. The molecule has 2 rings (SSSR count). The topological polar surface area (TPSA) is 93.7 Å². The Bertz CT molecular complexity index is 605. The SMILES string of the molecule is COC(=O)c1cc(OC)c(S(=O)(=O)NC2CCNCC2)s1. The van der Waals surface area contributed by atoms with Crippen LogP contribution in [0.1, 0.15) is 22.5 Å². The number of methoxy groups -OCH3 is 2. The minimum absolute atomic E-state index is 0.00364. The molecule has 0 aliphatic carbocycles. The molecule has 0 unspecified atom stereocenters. The number of esters is 1. The van der Waals surface area contributed by atoms with Crippen molar-refractivity contribution >= 4 is 27.3 Å². The van der Waals surface area contributed by atoms with Crippen LogP contribution < -0.4 is 14.8 Å². The van der Waals surface area contributed by atoms with E-state index < -0.39 is 16.0 Å². The zero-order valence-corrected chi connectivity index (χ0v) is 13.5. The lowest BCUT2D eigenvalue weighted by Crippen LogP contribution is -2.42. The van der Waals surface area contributed by atoms with Gasteiger partial charge in [0.1, 0.15) is 4.88 Å². The van der Waals surface area contributed by atoms with Gasteiger partial charge in [-0.05, 0) is 25.9 Å². The normalized spacial score (nSPS) is 16.7. The number of hydrogen-bond donors (Lipinski definition) is 2. The molecule has 1 aliphatic rings. The monoisotopic (exact) mass is 334 g/mol. The molecule has 9 heteroatoms. The molecule has 7 nitrogen and oxygen atoms in total. The van der Waals surface area contributed by atoms with Crippen LogP contribution in [0.25, 0.3) is 0 Å². The van der Waals surface area contributed by atoms with E-state index in [2.05, 4.69) is 14.8 Å². The summed E-state index contributed by atoms with van der Waals surface area (Å²) in [6.45, 7) is 1.56. The summed E-state index contributed by atoms with van der Waals surface area (Å²) >= 11 is 0.847. The fraction of sp³-hybridized carbons (Fsp3) is 0.583. The first-order valence-corrected chi connectivity index (χ1v) is 8.77. The molecule has 2 heterocycles. The fourth-order valence-corrected chi connectivity index (χ4v) is 4.92. The van der Waals surface area contributed by atoms with Gasteiger partial charge in [0.2, 0.25) is 0 Å². The van der Waals surface area contributed by atoms with Gasteiger partial charge in [-0.25, -0.2) is 17.9 Å². The summed E-state index contributed by atoms with van der Waals surface area (Å²) in [6, 6.07) is 1.28. The number of carbonyl (C=O) groups is 1. The van der Waals surface area contributed by atoms with E-state index in [0.29, 0.717) is 0 Å². The molecule has 1 aliphatic heterocycles. The first-order chi connectivity index (χ1) is 9.97. The van der Waals surface area contributed by atoms with E-state index in [9.17, 15) is 13.2 Å². The minimum atomic E-state index is -3.72. The van der Waals surface area contributed by atoms with Gasteiger partial charge >= 0.3 is 5.97 Å². The van der Waals surface area contributed by atoms with Crippen LogP contribution in [0.5, 0.6) is 5.75 Å². The van der Waals surface area contributed by atoms with Gasteiger partial charge in [-0.1, -0.05) is 0 Å². The average Bonchev–Trinajstić information content (AvgIpc) is 2.92. The second-order valence-electron chi connectivity index (χ2n) is 4.60. The van der Waals surface area contributed by atoms with Gasteiger partial charge in [0.25, 0.3) is 10.0 Å². The molecule has 0 atom stereocenters. The lowest BCUT2D eigenvalue weighted by molar-refractivity contribution is 0.0606. The highest BCUT2D eigenvalue weighted by Crippen LogP contribution is 2.34. The zero-order chi connectivity index (χ0) is 15.5.